The normalized spacial score (nSPS) is 11.9. The summed E-state index contributed by atoms with van der Waals surface area (Å²) in [5.41, 5.74) is 0.548. The van der Waals surface area contributed by atoms with Gasteiger partial charge in [-0.15, -0.1) is 0 Å². The molecule has 2 N–H and O–H groups in total. The van der Waals surface area contributed by atoms with Crippen molar-refractivity contribution in [2.45, 2.75) is 11.4 Å². The minimum absolute atomic E-state index is 0.0757. The second-order valence-electron chi connectivity index (χ2n) is 3.82. The van der Waals surface area contributed by atoms with Gasteiger partial charge in [-0.25, -0.2) is 8.42 Å². The molecular formula is C11H13N3O3S. The molecule has 1 aromatic heterocycles. The fourth-order valence-electron chi connectivity index (χ4n) is 1.53. The van der Waals surface area contributed by atoms with Crippen LogP contribution in [0.5, 0.6) is 5.75 Å². The van der Waals surface area contributed by atoms with Crippen molar-refractivity contribution in [3.8, 4) is 5.75 Å². The second kappa shape index (κ2) is 4.79. The van der Waals surface area contributed by atoms with Gasteiger partial charge in [0.25, 0.3) is 0 Å². The van der Waals surface area contributed by atoms with Gasteiger partial charge in [-0.1, -0.05) is 18.2 Å². The van der Waals surface area contributed by atoms with Crippen LogP contribution in [-0.2, 0) is 16.6 Å². The van der Waals surface area contributed by atoms with Crippen molar-refractivity contribution in [2.24, 2.45) is 0 Å². The number of nitrogens with one attached hydrogen (secondary N) is 1. The highest BCUT2D eigenvalue weighted by atomic mass is 32.2. The SMILES string of the molecule is CN(Cc1ccccc1O)S(=O)(=O)c1cn[nH]c1. The molecule has 18 heavy (non-hydrogen) atoms. The standard InChI is InChI=1S/C11H13N3O3S/c1-14(8-9-4-2-3-5-11(9)15)18(16,17)10-6-12-13-7-10/h2-7,15H,8H2,1H3,(H,12,13). The first-order valence-electron chi connectivity index (χ1n) is 5.24. The molecule has 2 aromatic rings. The van der Waals surface area contributed by atoms with Gasteiger partial charge in [0, 0.05) is 25.4 Å². The number of para-hydroxylation sites is 1. The van der Waals surface area contributed by atoms with E-state index in [4.69, 9.17) is 0 Å². The van der Waals surface area contributed by atoms with Gasteiger partial charge in [0.2, 0.25) is 10.0 Å². The van der Waals surface area contributed by atoms with Crippen LogP contribution in [-0.4, -0.2) is 35.1 Å². The highest BCUT2D eigenvalue weighted by Crippen LogP contribution is 2.20. The zero-order valence-corrected chi connectivity index (χ0v) is 10.6. The van der Waals surface area contributed by atoms with Gasteiger partial charge in [0.05, 0.1) is 6.20 Å². The summed E-state index contributed by atoms with van der Waals surface area (Å²) in [6.07, 6.45) is 2.56. The van der Waals surface area contributed by atoms with Crippen LogP contribution in [0, 0.1) is 0 Å². The average molecular weight is 267 g/mol. The molecule has 0 unspecified atom stereocenters. The van der Waals surface area contributed by atoms with E-state index in [1.165, 1.54) is 25.5 Å². The lowest BCUT2D eigenvalue weighted by atomic mass is 10.2. The Kier molecular flexibility index (Phi) is 3.35. The molecule has 0 fully saturated rings. The molecule has 0 saturated heterocycles. The third-order valence-corrected chi connectivity index (χ3v) is 4.33. The smallest absolute Gasteiger partial charge is 0.246 e. The summed E-state index contributed by atoms with van der Waals surface area (Å²) >= 11 is 0. The van der Waals surface area contributed by atoms with Crippen molar-refractivity contribution in [3.63, 3.8) is 0 Å². The number of nitrogens with zero attached hydrogens (tertiary/aromatic N) is 2. The first-order valence-corrected chi connectivity index (χ1v) is 6.68. The number of hydrogen-bond acceptors (Lipinski definition) is 4. The summed E-state index contributed by atoms with van der Waals surface area (Å²) < 4.78 is 25.3. The third kappa shape index (κ3) is 2.36. The Labute approximate surface area is 105 Å². The predicted molar refractivity (Wildman–Crippen MR) is 65.3 cm³/mol. The van der Waals surface area contributed by atoms with Crippen LogP contribution in [0.3, 0.4) is 0 Å². The van der Waals surface area contributed by atoms with E-state index in [-0.39, 0.29) is 17.2 Å². The molecule has 6 nitrogen and oxygen atoms in total. The number of benzene rings is 1. The Morgan fingerprint density at radius 3 is 2.72 bits per heavy atom. The molecule has 0 radical (unpaired) electrons. The maximum atomic E-state index is 12.1. The topological polar surface area (TPSA) is 86.3 Å². The molecule has 0 saturated carbocycles. The number of phenolic OH excluding ortho intramolecular Hbond substituents is 1. The molecule has 0 aliphatic heterocycles. The first-order chi connectivity index (χ1) is 8.51. The molecule has 0 spiro atoms. The molecule has 96 valence electrons. The summed E-state index contributed by atoms with van der Waals surface area (Å²) in [5, 5.41) is 15.7. The largest absolute Gasteiger partial charge is 0.508 e. The Hall–Kier alpha value is -1.86. The van der Waals surface area contributed by atoms with Crippen LogP contribution in [0.1, 0.15) is 5.56 Å². The Morgan fingerprint density at radius 1 is 1.39 bits per heavy atom. The van der Waals surface area contributed by atoms with Crippen molar-refractivity contribution in [1.29, 1.82) is 0 Å². The molecule has 2 rings (SSSR count). The van der Waals surface area contributed by atoms with E-state index in [1.54, 1.807) is 18.2 Å². The number of rotatable bonds is 4. The third-order valence-electron chi connectivity index (χ3n) is 2.57. The van der Waals surface area contributed by atoms with E-state index in [0.29, 0.717) is 5.56 Å². The van der Waals surface area contributed by atoms with Gasteiger partial charge in [-0.3, -0.25) is 5.10 Å². The lowest BCUT2D eigenvalue weighted by molar-refractivity contribution is 0.436. The molecular weight excluding hydrogens is 254 g/mol. The molecule has 0 aliphatic carbocycles. The molecule has 0 amide bonds. The summed E-state index contributed by atoms with van der Waals surface area (Å²) in [4.78, 5) is 0.0976. The van der Waals surface area contributed by atoms with E-state index in [9.17, 15) is 13.5 Å². The van der Waals surface area contributed by atoms with Gasteiger partial charge < -0.3 is 5.11 Å². The van der Waals surface area contributed by atoms with E-state index in [1.807, 2.05) is 0 Å². The number of aromatic amines is 1. The van der Waals surface area contributed by atoms with Crippen molar-refractivity contribution >= 4 is 10.0 Å². The fraction of sp³-hybridized carbons (Fsp3) is 0.182. The minimum atomic E-state index is -3.58. The van der Waals surface area contributed by atoms with Gasteiger partial charge >= 0.3 is 0 Å². The number of hydrogen-bond donors (Lipinski definition) is 2. The molecule has 0 atom stereocenters. The molecule has 1 heterocycles. The Morgan fingerprint density at radius 2 is 2.11 bits per heavy atom. The quantitative estimate of drug-likeness (QED) is 0.863. The van der Waals surface area contributed by atoms with Crippen LogP contribution in [0.25, 0.3) is 0 Å². The van der Waals surface area contributed by atoms with Gasteiger partial charge in [0.15, 0.2) is 0 Å². The van der Waals surface area contributed by atoms with Crippen LogP contribution in [0.2, 0.25) is 0 Å². The molecule has 0 aliphatic rings. The Bertz CT molecular complexity index is 623. The first kappa shape index (κ1) is 12.6. The Balaban J connectivity index is 2.24. The highest BCUT2D eigenvalue weighted by molar-refractivity contribution is 7.89. The number of sulfonamides is 1. The summed E-state index contributed by atoms with van der Waals surface area (Å²) in [5.74, 6) is 0.0757. The highest BCUT2D eigenvalue weighted by Gasteiger charge is 2.22. The van der Waals surface area contributed by atoms with Gasteiger partial charge in [0.1, 0.15) is 10.6 Å². The molecule has 7 heteroatoms. The minimum Gasteiger partial charge on any atom is -0.508 e. The van der Waals surface area contributed by atoms with Gasteiger partial charge in [-0.2, -0.15) is 9.40 Å². The number of H-pyrrole nitrogens is 1. The molecule has 0 bridgehead atoms. The predicted octanol–water partition coefficient (Wildman–Crippen LogP) is 0.936. The summed E-state index contributed by atoms with van der Waals surface area (Å²) in [7, 11) is -2.13. The monoisotopic (exact) mass is 267 g/mol. The van der Waals surface area contributed by atoms with E-state index in [0.717, 1.165) is 4.31 Å². The van der Waals surface area contributed by atoms with Crippen LogP contribution in [0.15, 0.2) is 41.6 Å². The van der Waals surface area contributed by atoms with Crippen molar-refractivity contribution in [1.82, 2.24) is 14.5 Å². The van der Waals surface area contributed by atoms with E-state index >= 15 is 0 Å². The number of phenols is 1. The van der Waals surface area contributed by atoms with Gasteiger partial charge in [-0.05, 0) is 6.07 Å². The summed E-state index contributed by atoms with van der Waals surface area (Å²) in [6, 6.07) is 6.63. The summed E-state index contributed by atoms with van der Waals surface area (Å²) in [6.45, 7) is 0.0974. The lowest BCUT2D eigenvalue weighted by Crippen LogP contribution is -2.26. The number of aromatic hydroxyl groups is 1. The second-order valence-corrected chi connectivity index (χ2v) is 5.87. The van der Waals surface area contributed by atoms with Crippen molar-refractivity contribution < 1.29 is 13.5 Å². The van der Waals surface area contributed by atoms with Crippen LogP contribution in [0.4, 0.5) is 0 Å². The number of aromatic nitrogens is 2. The van der Waals surface area contributed by atoms with Crippen LogP contribution < -0.4 is 0 Å². The maximum Gasteiger partial charge on any atom is 0.246 e. The lowest BCUT2D eigenvalue weighted by Gasteiger charge is -2.16. The zero-order chi connectivity index (χ0) is 13.2. The maximum absolute atomic E-state index is 12.1. The van der Waals surface area contributed by atoms with Crippen LogP contribution >= 0.6 is 0 Å². The van der Waals surface area contributed by atoms with Crippen molar-refractivity contribution in [2.75, 3.05) is 7.05 Å². The van der Waals surface area contributed by atoms with Crippen molar-refractivity contribution in [3.05, 3.63) is 42.2 Å². The van der Waals surface area contributed by atoms with E-state index in [2.05, 4.69) is 10.2 Å². The molecule has 1 aromatic carbocycles. The average Bonchev–Trinajstić information content (AvgIpc) is 2.86. The van der Waals surface area contributed by atoms with E-state index < -0.39 is 10.0 Å². The zero-order valence-electron chi connectivity index (χ0n) is 9.74. The fourth-order valence-corrected chi connectivity index (χ4v) is 2.59.